The van der Waals surface area contributed by atoms with Crippen LogP contribution in [0.4, 0.5) is 0 Å². The fourth-order valence-corrected chi connectivity index (χ4v) is 2.33. The molecule has 0 bridgehead atoms. The molecule has 14 heavy (non-hydrogen) atoms. The van der Waals surface area contributed by atoms with Crippen molar-refractivity contribution in [2.45, 2.75) is 20.8 Å². The Labute approximate surface area is 106 Å². The minimum absolute atomic E-state index is 0. The summed E-state index contributed by atoms with van der Waals surface area (Å²) >= 11 is 0. The molecule has 0 heterocycles. The summed E-state index contributed by atoms with van der Waals surface area (Å²) in [5.74, 6) is 0. The topological polar surface area (TPSA) is 0 Å². The van der Waals surface area contributed by atoms with Crippen LogP contribution in [0.2, 0.25) is 0 Å². The van der Waals surface area contributed by atoms with Crippen molar-refractivity contribution in [1.82, 2.24) is 0 Å². The van der Waals surface area contributed by atoms with Gasteiger partial charge in [0.2, 0.25) is 0 Å². The molecule has 0 atom stereocenters. The number of halogens is 1. The van der Waals surface area contributed by atoms with Gasteiger partial charge in [-0.2, -0.15) is 18.2 Å². The predicted octanol–water partition coefficient (Wildman–Crippen LogP) is 0.935. The summed E-state index contributed by atoms with van der Waals surface area (Å²) in [6, 6.07) is 10.0. The minimum atomic E-state index is 0. The maximum absolute atomic E-state index is 2.29. The molecular formula is C11H20ClNiP. The molecule has 0 spiro atoms. The van der Waals surface area contributed by atoms with Crippen LogP contribution in [0.5, 0.6) is 0 Å². The second-order valence-electron chi connectivity index (χ2n) is 2.58. The first-order valence-electron chi connectivity index (χ1n) is 4.74. The van der Waals surface area contributed by atoms with Crippen molar-refractivity contribution in [2.24, 2.45) is 0 Å². The Morgan fingerprint density at radius 3 is 1.36 bits per heavy atom. The van der Waals surface area contributed by atoms with Crippen molar-refractivity contribution >= 4 is 7.92 Å². The number of hydrogen-bond donors (Lipinski definition) is 0. The molecule has 0 aliphatic heterocycles. The molecule has 0 aliphatic rings. The Kier molecular flexibility index (Phi) is 22.9. The van der Waals surface area contributed by atoms with Gasteiger partial charge in [0, 0.05) is 0 Å². The summed E-state index contributed by atoms with van der Waals surface area (Å²) in [5.41, 5.74) is 0. The maximum atomic E-state index is 2.29. The van der Waals surface area contributed by atoms with Gasteiger partial charge >= 0.3 is 16.5 Å². The van der Waals surface area contributed by atoms with Gasteiger partial charge < -0.3 is 12.4 Å². The molecule has 1 aromatic rings. The van der Waals surface area contributed by atoms with E-state index >= 15 is 0 Å². The SMILES string of the molecule is CCP(CC)CC.[Cl-].[Ni+2].c1cc[cH-]c1. The van der Waals surface area contributed by atoms with Crippen molar-refractivity contribution in [3.05, 3.63) is 30.3 Å². The normalized spacial score (nSPS) is 8.00. The third-order valence-corrected chi connectivity index (χ3v) is 4.58. The van der Waals surface area contributed by atoms with E-state index in [-0.39, 0.29) is 28.9 Å². The van der Waals surface area contributed by atoms with E-state index in [9.17, 15) is 0 Å². The summed E-state index contributed by atoms with van der Waals surface area (Å²) in [6.07, 6.45) is 4.26. The fraction of sp³-hybridized carbons (Fsp3) is 0.545. The monoisotopic (exact) mass is 276 g/mol. The van der Waals surface area contributed by atoms with Crippen LogP contribution < -0.4 is 12.4 Å². The van der Waals surface area contributed by atoms with Gasteiger partial charge in [-0.25, -0.2) is 12.1 Å². The third kappa shape index (κ3) is 12.6. The molecule has 0 radical (unpaired) electrons. The molecule has 0 nitrogen and oxygen atoms in total. The summed E-state index contributed by atoms with van der Waals surface area (Å²) in [5, 5.41) is 0. The van der Waals surface area contributed by atoms with Crippen LogP contribution >= 0.6 is 7.92 Å². The number of rotatable bonds is 3. The van der Waals surface area contributed by atoms with Crippen LogP contribution in [-0.2, 0) is 16.5 Å². The molecule has 0 N–H and O–H groups in total. The maximum Gasteiger partial charge on any atom is 2.00 e. The van der Waals surface area contributed by atoms with Crippen LogP contribution in [0.1, 0.15) is 20.8 Å². The minimum Gasteiger partial charge on any atom is -1.00 e. The van der Waals surface area contributed by atoms with E-state index in [1.807, 2.05) is 30.3 Å². The van der Waals surface area contributed by atoms with Gasteiger partial charge in [-0.3, -0.25) is 0 Å². The van der Waals surface area contributed by atoms with Gasteiger partial charge in [0.05, 0.1) is 0 Å². The first kappa shape index (κ1) is 20.0. The Bertz CT molecular complexity index is 128. The van der Waals surface area contributed by atoms with E-state index in [1.165, 1.54) is 18.5 Å². The molecule has 3 heteroatoms. The van der Waals surface area contributed by atoms with Crippen molar-refractivity contribution in [3.8, 4) is 0 Å². The van der Waals surface area contributed by atoms with Crippen LogP contribution in [0, 0.1) is 0 Å². The second kappa shape index (κ2) is 16.0. The van der Waals surface area contributed by atoms with E-state index in [0.717, 1.165) is 0 Å². The smallest absolute Gasteiger partial charge is 1.00 e. The molecule has 86 valence electrons. The van der Waals surface area contributed by atoms with E-state index in [4.69, 9.17) is 0 Å². The van der Waals surface area contributed by atoms with Gasteiger partial charge in [-0.15, -0.1) is 7.92 Å². The summed E-state index contributed by atoms with van der Waals surface area (Å²) < 4.78 is 0. The van der Waals surface area contributed by atoms with E-state index in [1.54, 1.807) is 0 Å². The van der Waals surface area contributed by atoms with Gasteiger partial charge in [0.25, 0.3) is 0 Å². The van der Waals surface area contributed by atoms with Crippen LogP contribution in [0.25, 0.3) is 0 Å². The first-order valence-corrected chi connectivity index (χ1v) is 6.63. The molecule has 1 aromatic carbocycles. The Morgan fingerprint density at radius 2 is 1.29 bits per heavy atom. The van der Waals surface area contributed by atoms with E-state index < -0.39 is 0 Å². The molecule has 0 amide bonds. The summed E-state index contributed by atoms with van der Waals surface area (Å²) in [7, 11) is 0.446. The Hall–Kier alpha value is 0.564. The molecule has 0 fully saturated rings. The molecule has 1 rings (SSSR count). The van der Waals surface area contributed by atoms with Crippen LogP contribution in [0.3, 0.4) is 0 Å². The van der Waals surface area contributed by atoms with Crippen LogP contribution in [0.15, 0.2) is 30.3 Å². The van der Waals surface area contributed by atoms with E-state index in [2.05, 4.69) is 20.8 Å². The van der Waals surface area contributed by atoms with Crippen molar-refractivity contribution in [3.63, 3.8) is 0 Å². The quantitative estimate of drug-likeness (QED) is 0.438. The first-order chi connectivity index (χ1) is 5.85. The van der Waals surface area contributed by atoms with Crippen LogP contribution in [-0.4, -0.2) is 18.5 Å². The second-order valence-corrected chi connectivity index (χ2v) is 5.82. The Morgan fingerprint density at radius 1 is 0.929 bits per heavy atom. The molecular weight excluding hydrogens is 257 g/mol. The number of hydrogen-bond acceptors (Lipinski definition) is 0. The fourth-order valence-electron chi connectivity index (χ4n) is 0.992. The van der Waals surface area contributed by atoms with Gasteiger partial charge in [0.1, 0.15) is 0 Å². The molecule has 0 aliphatic carbocycles. The zero-order valence-electron chi connectivity index (χ0n) is 9.15. The zero-order chi connectivity index (χ0) is 9.23. The summed E-state index contributed by atoms with van der Waals surface area (Å²) in [6.45, 7) is 6.87. The molecule has 0 unspecified atom stereocenters. The van der Waals surface area contributed by atoms with Crippen molar-refractivity contribution in [2.75, 3.05) is 18.5 Å². The Balaban J connectivity index is -0.000000155. The third-order valence-electron chi connectivity index (χ3n) is 1.90. The van der Waals surface area contributed by atoms with Crippen molar-refractivity contribution in [1.29, 1.82) is 0 Å². The van der Waals surface area contributed by atoms with E-state index in [0.29, 0.717) is 7.92 Å². The largest absolute Gasteiger partial charge is 2.00 e. The standard InChI is InChI=1S/C6H15P.C5H5.ClH.Ni/c1-4-7(5-2)6-3;1-2-4-5-3-1;;/h4-6H2,1-3H3;1-5H;1H;/q;-1;;+2/p-1. The zero-order valence-corrected chi connectivity index (χ0v) is 11.8. The molecule has 0 saturated heterocycles. The van der Waals surface area contributed by atoms with Gasteiger partial charge in [0.15, 0.2) is 0 Å². The molecule has 0 aromatic heterocycles. The molecule has 0 saturated carbocycles. The average molecular weight is 277 g/mol. The average Bonchev–Trinajstić information content (AvgIpc) is 2.64. The van der Waals surface area contributed by atoms with Gasteiger partial charge in [-0.05, 0) is 18.5 Å². The predicted molar refractivity (Wildman–Crippen MR) is 60.6 cm³/mol. The van der Waals surface area contributed by atoms with Gasteiger partial charge in [-0.1, -0.05) is 20.8 Å². The summed E-state index contributed by atoms with van der Waals surface area (Å²) in [4.78, 5) is 0. The van der Waals surface area contributed by atoms with Crippen molar-refractivity contribution < 1.29 is 28.9 Å².